The maximum atomic E-state index is 8.37. The Hall–Kier alpha value is -0.770. The maximum Gasteiger partial charge on any atom is 0.139 e. The van der Waals surface area contributed by atoms with Crippen LogP contribution in [0.5, 0.6) is 0 Å². The molecule has 0 saturated heterocycles. The molecule has 0 amide bonds. The fourth-order valence-corrected chi connectivity index (χ4v) is 1.86. The number of nitrogens with zero attached hydrogens (tertiary/aromatic N) is 1. The van der Waals surface area contributed by atoms with Gasteiger partial charge in [0.15, 0.2) is 0 Å². The van der Waals surface area contributed by atoms with Gasteiger partial charge in [-0.25, -0.2) is 0 Å². The van der Waals surface area contributed by atoms with E-state index in [1.807, 2.05) is 0 Å². The lowest BCUT2D eigenvalue weighted by Crippen LogP contribution is -2.24. The third-order valence-corrected chi connectivity index (χ3v) is 3.14. The Kier molecular flexibility index (Phi) is 11.2. The van der Waals surface area contributed by atoms with Gasteiger partial charge in [-0.3, -0.25) is 0 Å². The van der Waals surface area contributed by atoms with Gasteiger partial charge >= 0.3 is 0 Å². The highest BCUT2D eigenvalue weighted by molar-refractivity contribution is 5.79. The summed E-state index contributed by atoms with van der Waals surface area (Å²) in [6, 6.07) is 0. The van der Waals surface area contributed by atoms with Crippen LogP contribution >= 0.6 is 0 Å². The Morgan fingerprint density at radius 2 is 2.06 bits per heavy atom. The van der Waals surface area contributed by atoms with E-state index in [1.165, 1.54) is 25.7 Å². The average molecular weight is 243 g/mol. The van der Waals surface area contributed by atoms with E-state index in [-0.39, 0.29) is 0 Å². The quantitative estimate of drug-likeness (QED) is 0.172. The van der Waals surface area contributed by atoms with E-state index >= 15 is 0 Å². The summed E-state index contributed by atoms with van der Waals surface area (Å²) in [6.07, 6.45) is 7.97. The van der Waals surface area contributed by atoms with Gasteiger partial charge in [0, 0.05) is 6.42 Å². The minimum absolute atomic E-state index is 0.333. The van der Waals surface area contributed by atoms with Crippen LogP contribution < -0.4 is 11.1 Å². The summed E-state index contributed by atoms with van der Waals surface area (Å²) in [5.41, 5.74) is 5.39. The summed E-state index contributed by atoms with van der Waals surface area (Å²) in [5, 5.41) is 14.8. The highest BCUT2D eigenvalue weighted by Crippen LogP contribution is 2.11. The number of hydrogen-bond acceptors (Lipinski definition) is 3. The highest BCUT2D eigenvalue weighted by atomic mass is 16.4. The molecule has 0 bridgehead atoms. The summed E-state index contributed by atoms with van der Waals surface area (Å²) in [5.74, 6) is 1.15. The van der Waals surface area contributed by atoms with E-state index in [4.69, 9.17) is 10.9 Å². The number of amidine groups is 1. The largest absolute Gasteiger partial charge is 0.409 e. The Morgan fingerprint density at radius 1 is 1.29 bits per heavy atom. The van der Waals surface area contributed by atoms with E-state index in [9.17, 15) is 0 Å². The molecule has 0 aliphatic rings. The molecule has 0 aliphatic carbocycles. The highest BCUT2D eigenvalue weighted by Gasteiger charge is 2.04. The molecule has 4 N–H and O–H groups in total. The van der Waals surface area contributed by atoms with Crippen molar-refractivity contribution in [2.75, 3.05) is 13.1 Å². The number of oxime groups is 1. The molecule has 0 fully saturated rings. The third-order valence-electron chi connectivity index (χ3n) is 3.14. The van der Waals surface area contributed by atoms with E-state index in [0.717, 1.165) is 31.8 Å². The molecule has 0 aromatic carbocycles. The minimum Gasteiger partial charge on any atom is -0.409 e. The molecule has 1 unspecified atom stereocenters. The second-order valence-corrected chi connectivity index (χ2v) is 4.67. The van der Waals surface area contributed by atoms with Crippen molar-refractivity contribution in [3.8, 4) is 0 Å². The lowest BCUT2D eigenvalue weighted by molar-refractivity contribution is 0.316. The van der Waals surface area contributed by atoms with Crippen molar-refractivity contribution in [3.05, 3.63) is 0 Å². The van der Waals surface area contributed by atoms with Crippen LogP contribution in [0.2, 0.25) is 0 Å². The van der Waals surface area contributed by atoms with E-state index in [1.54, 1.807) is 0 Å². The van der Waals surface area contributed by atoms with Gasteiger partial charge in [-0.1, -0.05) is 38.3 Å². The maximum absolute atomic E-state index is 8.37. The lowest BCUT2D eigenvalue weighted by atomic mass is 9.99. The number of hydrogen-bond donors (Lipinski definition) is 3. The van der Waals surface area contributed by atoms with E-state index < -0.39 is 0 Å². The molecule has 0 spiro atoms. The zero-order valence-corrected chi connectivity index (χ0v) is 11.4. The summed E-state index contributed by atoms with van der Waals surface area (Å²) in [7, 11) is 0. The molecule has 0 rings (SSSR count). The average Bonchev–Trinajstić information content (AvgIpc) is 2.36. The van der Waals surface area contributed by atoms with Crippen LogP contribution in [0.3, 0.4) is 0 Å². The van der Waals surface area contributed by atoms with Gasteiger partial charge in [0.25, 0.3) is 0 Å². The second-order valence-electron chi connectivity index (χ2n) is 4.67. The first-order valence-electron chi connectivity index (χ1n) is 6.91. The van der Waals surface area contributed by atoms with Crippen molar-refractivity contribution < 1.29 is 5.21 Å². The van der Waals surface area contributed by atoms with Crippen LogP contribution in [-0.4, -0.2) is 24.1 Å². The molecule has 102 valence electrons. The molecule has 1 atom stereocenters. The first kappa shape index (κ1) is 16.2. The van der Waals surface area contributed by atoms with Crippen LogP contribution in [0, 0.1) is 5.92 Å². The minimum atomic E-state index is 0.333. The number of nitrogens with one attached hydrogen (secondary N) is 1. The van der Waals surface area contributed by atoms with Crippen molar-refractivity contribution >= 4 is 5.84 Å². The molecule has 0 heterocycles. The van der Waals surface area contributed by atoms with Crippen molar-refractivity contribution in [3.63, 3.8) is 0 Å². The fraction of sp³-hybridized carbons (Fsp3) is 0.923. The van der Waals surface area contributed by atoms with E-state index in [2.05, 4.69) is 24.3 Å². The number of nitrogens with two attached hydrogens (primary N) is 1. The first-order chi connectivity index (χ1) is 8.24. The molecule has 0 saturated carbocycles. The van der Waals surface area contributed by atoms with Gasteiger partial charge in [-0.15, -0.1) is 0 Å². The Labute approximate surface area is 106 Å². The van der Waals surface area contributed by atoms with Gasteiger partial charge in [0.05, 0.1) is 0 Å². The zero-order chi connectivity index (χ0) is 12.9. The Bertz CT molecular complexity index is 195. The Balaban J connectivity index is 3.36. The molecule has 0 aliphatic heterocycles. The van der Waals surface area contributed by atoms with Crippen LogP contribution in [0.1, 0.15) is 58.8 Å². The predicted octanol–water partition coefficient (Wildman–Crippen LogP) is 2.71. The molecule has 4 nitrogen and oxygen atoms in total. The van der Waals surface area contributed by atoms with Crippen LogP contribution in [-0.2, 0) is 0 Å². The summed E-state index contributed by atoms with van der Waals surface area (Å²) in [6.45, 7) is 6.66. The molecule has 4 heteroatoms. The van der Waals surface area contributed by atoms with Gasteiger partial charge in [-0.2, -0.15) is 0 Å². The lowest BCUT2D eigenvalue weighted by Gasteiger charge is -2.15. The predicted molar refractivity (Wildman–Crippen MR) is 73.4 cm³/mol. The molecule has 0 aromatic heterocycles. The molecule has 0 radical (unpaired) electrons. The van der Waals surface area contributed by atoms with Gasteiger partial charge in [0.1, 0.15) is 5.84 Å². The topological polar surface area (TPSA) is 70.6 Å². The Morgan fingerprint density at radius 3 is 2.65 bits per heavy atom. The van der Waals surface area contributed by atoms with Crippen LogP contribution in [0.4, 0.5) is 0 Å². The zero-order valence-electron chi connectivity index (χ0n) is 11.4. The van der Waals surface area contributed by atoms with Crippen molar-refractivity contribution in [1.82, 2.24) is 5.32 Å². The second kappa shape index (κ2) is 11.7. The molecule has 0 aromatic rings. The first-order valence-corrected chi connectivity index (χ1v) is 6.91. The third kappa shape index (κ3) is 10.1. The van der Waals surface area contributed by atoms with Gasteiger partial charge in [-0.05, 0) is 38.3 Å². The molecule has 17 heavy (non-hydrogen) atoms. The smallest absolute Gasteiger partial charge is 0.139 e. The number of rotatable bonds is 11. The normalized spacial score (nSPS) is 13.9. The molecular formula is C13H29N3O. The van der Waals surface area contributed by atoms with E-state index in [0.29, 0.717) is 12.3 Å². The van der Waals surface area contributed by atoms with Crippen LogP contribution in [0.15, 0.2) is 5.16 Å². The summed E-state index contributed by atoms with van der Waals surface area (Å²) >= 11 is 0. The van der Waals surface area contributed by atoms with Crippen LogP contribution in [0.25, 0.3) is 0 Å². The van der Waals surface area contributed by atoms with Crippen molar-refractivity contribution in [2.24, 2.45) is 16.8 Å². The monoisotopic (exact) mass is 243 g/mol. The SMILES string of the molecule is CCCCC(CC)CNCCCCC(N)=NO. The van der Waals surface area contributed by atoms with Crippen molar-refractivity contribution in [2.45, 2.75) is 58.8 Å². The van der Waals surface area contributed by atoms with Crippen molar-refractivity contribution in [1.29, 1.82) is 0 Å². The van der Waals surface area contributed by atoms with Gasteiger partial charge < -0.3 is 16.3 Å². The molecular weight excluding hydrogens is 214 g/mol. The van der Waals surface area contributed by atoms with Gasteiger partial charge in [0.2, 0.25) is 0 Å². The fourth-order valence-electron chi connectivity index (χ4n) is 1.86. The summed E-state index contributed by atoms with van der Waals surface area (Å²) < 4.78 is 0. The standard InChI is InChI=1S/C13H29N3O/c1-3-5-8-12(4-2)11-15-10-7-6-9-13(14)16-17/h12,15,17H,3-11H2,1-2H3,(H2,14,16). The summed E-state index contributed by atoms with van der Waals surface area (Å²) in [4.78, 5) is 0. The number of unbranched alkanes of at least 4 members (excludes halogenated alkanes) is 2.